The number of anilines is 1. The fourth-order valence-electron chi connectivity index (χ4n) is 5.59. The van der Waals surface area contributed by atoms with Crippen molar-refractivity contribution in [3.8, 4) is 11.1 Å². The van der Waals surface area contributed by atoms with Gasteiger partial charge in [0.25, 0.3) is 12.4 Å². The lowest BCUT2D eigenvalue weighted by Gasteiger charge is -2.32. The number of thiazole rings is 1. The van der Waals surface area contributed by atoms with Gasteiger partial charge in [-0.15, -0.1) is 11.3 Å². The molecule has 10 nitrogen and oxygen atoms in total. The number of carbonyl (C=O) groups is 2. The van der Waals surface area contributed by atoms with Crippen LogP contribution in [0.3, 0.4) is 0 Å². The number of nitrogens with one attached hydrogen (secondary N) is 3. The lowest BCUT2D eigenvalue weighted by molar-refractivity contribution is -0.122. The number of fused-ring (bicyclic) bond motifs is 2. The Morgan fingerprint density at radius 1 is 1.11 bits per heavy atom. The number of aromatic nitrogens is 4. The zero-order valence-electron chi connectivity index (χ0n) is 23.9. The van der Waals surface area contributed by atoms with Crippen LogP contribution in [0.5, 0.6) is 0 Å². The predicted molar refractivity (Wildman–Crippen MR) is 172 cm³/mol. The lowest BCUT2D eigenvalue weighted by atomic mass is 9.99. The Balaban J connectivity index is 0.00000110. The third-order valence-corrected chi connectivity index (χ3v) is 8.48. The highest BCUT2D eigenvalue weighted by atomic mass is 32.1. The van der Waals surface area contributed by atoms with Crippen LogP contribution in [0.1, 0.15) is 33.9 Å². The summed E-state index contributed by atoms with van der Waals surface area (Å²) in [5.41, 5.74) is 6.32. The molecule has 1 fully saturated rings. The van der Waals surface area contributed by atoms with E-state index in [1.165, 1.54) is 16.9 Å². The van der Waals surface area contributed by atoms with Crippen molar-refractivity contribution >= 4 is 51.2 Å². The Labute approximate surface area is 257 Å². The van der Waals surface area contributed by atoms with Gasteiger partial charge in [0.2, 0.25) is 0 Å². The Kier molecular flexibility index (Phi) is 9.06. The average molecular weight is 609 g/mol. The van der Waals surface area contributed by atoms with Gasteiger partial charge in [-0.1, -0.05) is 42.5 Å². The number of nitrogens with zero attached hydrogens (tertiary/aromatic N) is 3. The first-order valence-electron chi connectivity index (χ1n) is 14.4. The largest absolute Gasteiger partial charge is 0.483 e. The standard InChI is InChI=1S/C32H30N6O2S.CH2O2/c39-32(30-20-41-31(35-30)18-38-13-5-8-23(17-38)40-19-21-6-2-1-3-7-21)36-28-14-22(15-29-26(28)16-34-37-29)24-9-4-10-27-25(24)11-12-33-27;2-1-3/h1-4,6-7,9-12,14-16,20,23,33H,5,8,13,17-19H2,(H,34,37)(H,36,39);1H,(H,2,3). The van der Waals surface area contributed by atoms with Gasteiger partial charge in [0, 0.05) is 34.4 Å². The summed E-state index contributed by atoms with van der Waals surface area (Å²) in [6.45, 7) is 2.97. The molecule has 0 saturated carbocycles. The van der Waals surface area contributed by atoms with Crippen molar-refractivity contribution in [3.63, 3.8) is 0 Å². The molecule has 44 heavy (non-hydrogen) atoms. The zero-order chi connectivity index (χ0) is 30.3. The van der Waals surface area contributed by atoms with Crippen molar-refractivity contribution in [2.75, 3.05) is 18.4 Å². The van der Waals surface area contributed by atoms with Crippen LogP contribution < -0.4 is 5.32 Å². The number of benzene rings is 3. The maximum atomic E-state index is 13.3. The van der Waals surface area contributed by atoms with Crippen LogP contribution in [0.25, 0.3) is 32.9 Å². The SMILES string of the molecule is O=C(Nc1cc(-c2cccc3[nH]ccc23)cc2[nH]ncc12)c1csc(CN2CCCC(OCc3ccccc3)C2)n1.O=CO. The summed E-state index contributed by atoms with van der Waals surface area (Å²) >= 11 is 1.52. The molecule has 0 bridgehead atoms. The number of hydrogen-bond acceptors (Lipinski definition) is 7. The quantitative estimate of drug-likeness (QED) is 0.149. The summed E-state index contributed by atoms with van der Waals surface area (Å²) in [4.78, 5) is 32.0. The van der Waals surface area contributed by atoms with Gasteiger partial charge in [0.15, 0.2) is 0 Å². The van der Waals surface area contributed by atoms with Gasteiger partial charge in [0.1, 0.15) is 10.7 Å². The van der Waals surface area contributed by atoms with E-state index < -0.39 is 0 Å². The minimum absolute atomic E-state index is 0.202. The number of amides is 1. The number of likely N-dealkylation sites (tertiary alicyclic amines) is 1. The predicted octanol–water partition coefficient (Wildman–Crippen LogP) is 6.30. The van der Waals surface area contributed by atoms with E-state index in [0.717, 1.165) is 63.9 Å². The van der Waals surface area contributed by atoms with Crippen LogP contribution in [-0.2, 0) is 22.7 Å². The number of H-pyrrole nitrogens is 2. The normalized spacial score (nSPS) is 15.1. The Morgan fingerprint density at radius 2 is 1.98 bits per heavy atom. The average Bonchev–Trinajstić information content (AvgIpc) is 3.82. The van der Waals surface area contributed by atoms with Crippen molar-refractivity contribution in [3.05, 3.63) is 101 Å². The van der Waals surface area contributed by atoms with Crippen LogP contribution in [0.2, 0.25) is 0 Å². The topological polar surface area (TPSA) is 136 Å². The summed E-state index contributed by atoms with van der Waals surface area (Å²) < 4.78 is 6.20. The molecule has 1 aliphatic heterocycles. The van der Waals surface area contributed by atoms with Gasteiger partial charge in [-0.25, -0.2) is 4.98 Å². The van der Waals surface area contributed by atoms with E-state index >= 15 is 0 Å². The molecule has 4 heterocycles. The molecule has 1 saturated heterocycles. The lowest BCUT2D eigenvalue weighted by Crippen LogP contribution is -2.39. The third-order valence-electron chi connectivity index (χ3n) is 7.65. The monoisotopic (exact) mass is 608 g/mol. The highest BCUT2D eigenvalue weighted by molar-refractivity contribution is 7.09. The number of ether oxygens (including phenoxy) is 1. The summed E-state index contributed by atoms with van der Waals surface area (Å²) in [7, 11) is 0. The van der Waals surface area contributed by atoms with Gasteiger partial charge in [-0.3, -0.25) is 19.6 Å². The summed E-state index contributed by atoms with van der Waals surface area (Å²) in [6, 6.07) is 22.6. The van der Waals surface area contributed by atoms with Crippen molar-refractivity contribution in [1.29, 1.82) is 0 Å². The highest BCUT2D eigenvalue weighted by Crippen LogP contribution is 2.34. The fourth-order valence-corrected chi connectivity index (χ4v) is 6.41. The van der Waals surface area contributed by atoms with Gasteiger partial charge in [0.05, 0.1) is 36.7 Å². The van der Waals surface area contributed by atoms with E-state index in [0.29, 0.717) is 24.5 Å². The van der Waals surface area contributed by atoms with E-state index in [9.17, 15) is 4.79 Å². The molecule has 1 amide bonds. The van der Waals surface area contributed by atoms with Gasteiger partial charge in [-0.05, 0) is 60.3 Å². The smallest absolute Gasteiger partial charge is 0.290 e. The highest BCUT2D eigenvalue weighted by Gasteiger charge is 2.22. The van der Waals surface area contributed by atoms with Gasteiger partial charge in [-0.2, -0.15) is 5.10 Å². The molecule has 11 heteroatoms. The van der Waals surface area contributed by atoms with E-state index in [4.69, 9.17) is 19.6 Å². The van der Waals surface area contributed by atoms with Gasteiger partial charge >= 0.3 is 0 Å². The second kappa shape index (κ2) is 13.6. The van der Waals surface area contributed by atoms with Crippen LogP contribution >= 0.6 is 11.3 Å². The Hall–Kier alpha value is -4.84. The summed E-state index contributed by atoms with van der Waals surface area (Å²) in [5.74, 6) is -0.227. The second-order valence-corrected chi connectivity index (χ2v) is 11.5. The third kappa shape index (κ3) is 6.70. The van der Waals surface area contributed by atoms with Crippen LogP contribution in [-0.4, -0.2) is 61.7 Å². The fraction of sp³-hybridized carbons (Fsp3) is 0.212. The number of carboxylic acid groups (broad SMARTS) is 1. The first kappa shape index (κ1) is 29.2. The molecule has 6 aromatic rings. The van der Waals surface area contributed by atoms with E-state index in [2.05, 4.69) is 61.8 Å². The summed E-state index contributed by atoms with van der Waals surface area (Å²) in [6.07, 6.45) is 6.03. The van der Waals surface area contributed by atoms with E-state index in [-0.39, 0.29) is 18.5 Å². The summed E-state index contributed by atoms with van der Waals surface area (Å²) in [5, 5.41) is 22.0. The minimum atomic E-state index is -0.250. The molecule has 0 spiro atoms. The second-order valence-electron chi connectivity index (χ2n) is 10.6. The molecule has 0 radical (unpaired) electrons. The van der Waals surface area contributed by atoms with Crippen molar-refractivity contribution in [1.82, 2.24) is 25.1 Å². The van der Waals surface area contributed by atoms with Crippen molar-refractivity contribution in [2.24, 2.45) is 0 Å². The molecule has 3 aromatic heterocycles. The molecular formula is C33H32N6O4S. The molecule has 1 unspecified atom stereocenters. The minimum Gasteiger partial charge on any atom is -0.483 e. The molecular weight excluding hydrogens is 576 g/mol. The van der Waals surface area contributed by atoms with E-state index in [1.807, 2.05) is 41.9 Å². The maximum absolute atomic E-state index is 13.3. The van der Waals surface area contributed by atoms with Gasteiger partial charge < -0.3 is 20.1 Å². The number of hydrogen-bond donors (Lipinski definition) is 4. The first-order chi connectivity index (χ1) is 21.6. The number of aromatic amines is 2. The molecule has 224 valence electrons. The Bertz CT molecular complexity index is 1860. The first-order valence-corrected chi connectivity index (χ1v) is 15.2. The van der Waals surface area contributed by atoms with E-state index in [1.54, 1.807) is 6.20 Å². The molecule has 1 atom stereocenters. The van der Waals surface area contributed by atoms with Crippen LogP contribution in [0.4, 0.5) is 5.69 Å². The van der Waals surface area contributed by atoms with Crippen LogP contribution in [0.15, 0.2) is 84.5 Å². The molecule has 0 aliphatic carbocycles. The Morgan fingerprint density at radius 3 is 2.84 bits per heavy atom. The molecule has 4 N–H and O–H groups in total. The molecule has 7 rings (SSSR count). The zero-order valence-corrected chi connectivity index (χ0v) is 24.7. The number of carbonyl (C=O) groups excluding carboxylic acids is 1. The molecule has 1 aliphatic rings. The maximum Gasteiger partial charge on any atom is 0.290 e. The number of rotatable bonds is 8. The van der Waals surface area contributed by atoms with Crippen LogP contribution in [0, 0.1) is 0 Å². The molecule has 3 aromatic carbocycles. The van der Waals surface area contributed by atoms with Crippen molar-refractivity contribution in [2.45, 2.75) is 32.1 Å². The number of piperidine rings is 1. The van der Waals surface area contributed by atoms with Crippen molar-refractivity contribution < 1.29 is 19.4 Å².